The summed E-state index contributed by atoms with van der Waals surface area (Å²) < 4.78 is 6.19. The number of aliphatic carboxylic acids is 1. The summed E-state index contributed by atoms with van der Waals surface area (Å²) in [5.41, 5.74) is 1.90. The van der Waals surface area contributed by atoms with Crippen molar-refractivity contribution in [3.05, 3.63) is 54.1 Å². The van der Waals surface area contributed by atoms with Crippen molar-refractivity contribution in [1.82, 2.24) is 9.55 Å². The van der Waals surface area contributed by atoms with Crippen molar-refractivity contribution in [3.63, 3.8) is 0 Å². The summed E-state index contributed by atoms with van der Waals surface area (Å²) in [5.74, 6) is -1.04. The van der Waals surface area contributed by atoms with Gasteiger partial charge in [-0.2, -0.15) is 0 Å². The molecule has 1 aliphatic heterocycles. The van der Waals surface area contributed by atoms with E-state index in [0.29, 0.717) is 21.9 Å². The van der Waals surface area contributed by atoms with Crippen LogP contribution in [0.25, 0.3) is 11.0 Å². The highest BCUT2D eigenvalue weighted by Gasteiger charge is 2.42. The van der Waals surface area contributed by atoms with Gasteiger partial charge in [-0.25, -0.2) is 9.78 Å². The highest BCUT2D eigenvalue weighted by Crippen LogP contribution is 2.45. The Bertz CT molecular complexity index is 999. The van der Waals surface area contributed by atoms with Crippen molar-refractivity contribution < 1.29 is 19.4 Å². The maximum atomic E-state index is 12.9. The zero-order chi connectivity index (χ0) is 17.6. The van der Waals surface area contributed by atoms with Gasteiger partial charge in [-0.15, -0.1) is 0 Å². The smallest absolute Gasteiger partial charge is 0.332 e. The number of rotatable bonds is 3. The number of carboxylic acid groups (broad SMARTS) is 1. The molecule has 2 aromatic carbocycles. The Morgan fingerprint density at radius 3 is 2.72 bits per heavy atom. The second-order valence-corrected chi connectivity index (χ2v) is 7.27. The number of para-hydroxylation sites is 1. The summed E-state index contributed by atoms with van der Waals surface area (Å²) in [4.78, 5) is 28.8. The lowest BCUT2D eigenvalue weighted by molar-refractivity contribution is -0.138. The van der Waals surface area contributed by atoms with Crippen molar-refractivity contribution >= 4 is 34.7 Å². The van der Waals surface area contributed by atoms with E-state index in [-0.39, 0.29) is 6.54 Å². The summed E-state index contributed by atoms with van der Waals surface area (Å²) >= 11 is 1.21. The molecule has 2 bridgehead atoms. The Balaban J connectivity index is 1.95. The molecule has 7 heteroatoms. The van der Waals surface area contributed by atoms with Crippen LogP contribution in [0.1, 0.15) is 12.5 Å². The average Bonchev–Trinajstić information content (AvgIpc) is 2.93. The standard InChI is InChI=1S/C18H14N2O4S/c1-18(11-6-3-2-4-7-11)16(23)24-13-9-5-8-12-15(13)19-17(25-18)20(12)10-14(21)22/h2-9H,10H2,1H3,(H,21,22). The van der Waals surface area contributed by atoms with Gasteiger partial charge in [-0.1, -0.05) is 48.2 Å². The molecule has 2 heterocycles. The minimum absolute atomic E-state index is 0.235. The second-order valence-electron chi connectivity index (χ2n) is 5.89. The number of carbonyl (C=O) groups excluding carboxylic acids is 1. The van der Waals surface area contributed by atoms with Crippen LogP contribution in [0.2, 0.25) is 0 Å². The summed E-state index contributed by atoms with van der Waals surface area (Å²) in [6.07, 6.45) is 0. The lowest BCUT2D eigenvalue weighted by atomic mass is 10.0. The number of benzene rings is 2. The van der Waals surface area contributed by atoms with Crippen LogP contribution in [0.5, 0.6) is 5.75 Å². The topological polar surface area (TPSA) is 81.4 Å². The predicted molar refractivity (Wildman–Crippen MR) is 92.7 cm³/mol. The maximum absolute atomic E-state index is 12.9. The van der Waals surface area contributed by atoms with Crippen LogP contribution in [0.15, 0.2) is 53.7 Å². The van der Waals surface area contributed by atoms with Crippen molar-refractivity contribution in [2.45, 2.75) is 23.4 Å². The number of hydrogen-bond acceptors (Lipinski definition) is 5. The predicted octanol–water partition coefficient (Wildman–Crippen LogP) is 3.05. The fourth-order valence-electron chi connectivity index (χ4n) is 2.90. The molecule has 0 saturated carbocycles. The molecular formula is C18H14N2O4S. The largest absolute Gasteiger partial charge is 0.480 e. The number of imidazole rings is 1. The van der Waals surface area contributed by atoms with E-state index in [9.17, 15) is 14.7 Å². The van der Waals surface area contributed by atoms with Crippen molar-refractivity contribution in [1.29, 1.82) is 0 Å². The SMILES string of the molecule is CC1(c2ccccc2)Sc2nc3c(cccc3n2CC(=O)O)OC1=O. The Morgan fingerprint density at radius 2 is 2.00 bits per heavy atom. The molecule has 1 unspecified atom stereocenters. The van der Waals surface area contributed by atoms with Crippen LogP contribution in [0, 0.1) is 0 Å². The number of hydrogen-bond donors (Lipinski definition) is 1. The summed E-state index contributed by atoms with van der Waals surface area (Å²) in [6.45, 7) is 1.53. The molecular weight excluding hydrogens is 340 g/mol. The van der Waals surface area contributed by atoms with Gasteiger partial charge in [0.25, 0.3) is 0 Å². The maximum Gasteiger partial charge on any atom is 0.332 e. The normalized spacial score (nSPS) is 19.5. The van der Waals surface area contributed by atoms with Gasteiger partial charge in [0.05, 0.1) is 5.52 Å². The third kappa shape index (κ3) is 2.47. The molecule has 1 N–H and O–H groups in total. The molecule has 4 rings (SSSR count). The van der Waals surface area contributed by atoms with E-state index in [1.807, 2.05) is 30.3 Å². The highest BCUT2D eigenvalue weighted by molar-refractivity contribution is 8.00. The first kappa shape index (κ1) is 15.7. The van der Waals surface area contributed by atoms with Crippen LogP contribution in [-0.4, -0.2) is 26.6 Å². The number of esters is 1. The Morgan fingerprint density at radius 1 is 1.24 bits per heavy atom. The van der Waals surface area contributed by atoms with Gasteiger partial charge in [0.1, 0.15) is 16.8 Å². The number of carbonyl (C=O) groups is 2. The summed E-state index contributed by atoms with van der Waals surface area (Å²) in [6, 6.07) is 14.4. The molecule has 126 valence electrons. The van der Waals surface area contributed by atoms with Gasteiger partial charge in [0.2, 0.25) is 0 Å². The quantitative estimate of drug-likeness (QED) is 0.575. The summed E-state index contributed by atoms with van der Waals surface area (Å²) in [7, 11) is 0. The van der Waals surface area contributed by atoms with E-state index in [1.165, 1.54) is 11.8 Å². The Kier molecular flexibility index (Phi) is 3.54. The number of nitrogens with zero attached hydrogens (tertiary/aromatic N) is 2. The first-order chi connectivity index (χ1) is 12.0. The zero-order valence-electron chi connectivity index (χ0n) is 13.3. The molecule has 1 atom stereocenters. The molecule has 0 fully saturated rings. The fourth-order valence-corrected chi connectivity index (χ4v) is 4.06. The van der Waals surface area contributed by atoms with Crippen LogP contribution >= 0.6 is 11.8 Å². The molecule has 3 aromatic rings. The van der Waals surface area contributed by atoms with E-state index in [0.717, 1.165) is 5.56 Å². The van der Waals surface area contributed by atoms with Crippen molar-refractivity contribution in [3.8, 4) is 5.75 Å². The Hall–Kier alpha value is -2.80. The zero-order valence-corrected chi connectivity index (χ0v) is 14.1. The van der Waals surface area contributed by atoms with Crippen molar-refractivity contribution in [2.75, 3.05) is 0 Å². The number of thioether (sulfide) groups is 1. The number of ether oxygens (including phenoxy) is 1. The molecule has 1 aliphatic rings. The highest BCUT2D eigenvalue weighted by atomic mass is 32.2. The average molecular weight is 354 g/mol. The molecule has 1 aromatic heterocycles. The number of aromatic nitrogens is 2. The van der Waals surface area contributed by atoms with Gasteiger partial charge < -0.3 is 14.4 Å². The van der Waals surface area contributed by atoms with E-state index < -0.39 is 16.7 Å². The van der Waals surface area contributed by atoms with E-state index >= 15 is 0 Å². The van der Waals surface area contributed by atoms with Gasteiger partial charge in [-0.3, -0.25) is 4.79 Å². The number of fused-ring (bicyclic) bond motifs is 1. The lowest BCUT2D eigenvalue weighted by Gasteiger charge is -2.27. The fraction of sp³-hybridized carbons (Fsp3) is 0.167. The Labute approximate surface area is 147 Å². The van der Waals surface area contributed by atoms with E-state index in [2.05, 4.69) is 4.98 Å². The van der Waals surface area contributed by atoms with Gasteiger partial charge in [0.15, 0.2) is 10.9 Å². The minimum atomic E-state index is -1.04. The van der Waals surface area contributed by atoms with Gasteiger partial charge >= 0.3 is 11.9 Å². The number of carboxylic acids is 1. The van der Waals surface area contributed by atoms with Crippen LogP contribution in [-0.2, 0) is 20.9 Å². The van der Waals surface area contributed by atoms with Crippen LogP contribution in [0.3, 0.4) is 0 Å². The second kappa shape index (κ2) is 5.63. The molecule has 0 amide bonds. The monoisotopic (exact) mass is 354 g/mol. The van der Waals surface area contributed by atoms with Gasteiger partial charge in [0, 0.05) is 0 Å². The van der Waals surface area contributed by atoms with Gasteiger partial charge in [-0.05, 0) is 24.6 Å². The molecule has 0 radical (unpaired) electrons. The third-order valence-corrected chi connectivity index (χ3v) is 5.52. The minimum Gasteiger partial charge on any atom is -0.480 e. The first-order valence-corrected chi connectivity index (χ1v) is 8.48. The van der Waals surface area contributed by atoms with Crippen molar-refractivity contribution in [2.24, 2.45) is 0 Å². The molecule has 0 aliphatic carbocycles. The molecule has 0 spiro atoms. The third-order valence-electron chi connectivity index (χ3n) is 4.21. The summed E-state index contributed by atoms with van der Waals surface area (Å²) in [5, 5.41) is 9.74. The molecule has 6 nitrogen and oxygen atoms in total. The van der Waals surface area contributed by atoms with Crippen LogP contribution in [0.4, 0.5) is 0 Å². The first-order valence-electron chi connectivity index (χ1n) is 7.67. The van der Waals surface area contributed by atoms with Crippen LogP contribution < -0.4 is 4.74 Å². The lowest BCUT2D eigenvalue weighted by Crippen LogP contribution is -2.34. The van der Waals surface area contributed by atoms with E-state index in [1.54, 1.807) is 29.7 Å². The molecule has 0 saturated heterocycles. The molecule has 25 heavy (non-hydrogen) atoms. The van der Waals surface area contributed by atoms with E-state index in [4.69, 9.17) is 4.74 Å².